The summed E-state index contributed by atoms with van der Waals surface area (Å²) in [6.45, 7) is 2.27. The van der Waals surface area contributed by atoms with Crippen molar-refractivity contribution in [1.29, 1.82) is 5.41 Å². The van der Waals surface area contributed by atoms with Gasteiger partial charge in [-0.2, -0.15) is 5.10 Å². The lowest BCUT2D eigenvalue weighted by Gasteiger charge is -2.12. The van der Waals surface area contributed by atoms with Gasteiger partial charge in [0.1, 0.15) is 11.4 Å². The van der Waals surface area contributed by atoms with Crippen molar-refractivity contribution in [2.24, 2.45) is 10.1 Å². The monoisotopic (exact) mass is 273 g/mol. The summed E-state index contributed by atoms with van der Waals surface area (Å²) < 4.78 is 0. The lowest BCUT2D eigenvalue weighted by Crippen LogP contribution is -2.27. The number of benzene rings is 1. The fourth-order valence-electron chi connectivity index (χ4n) is 1.91. The van der Waals surface area contributed by atoms with Gasteiger partial charge in [0.05, 0.1) is 12.3 Å². The van der Waals surface area contributed by atoms with Crippen molar-refractivity contribution in [2.45, 2.75) is 6.92 Å². The van der Waals surface area contributed by atoms with E-state index in [9.17, 15) is 5.11 Å². The SMILES string of the molecule is CCN1N=C(CO)C(=Nc2ccc(N(C)C)cc2)C1=N. The van der Waals surface area contributed by atoms with Crippen LogP contribution < -0.4 is 4.90 Å². The Bertz CT molecular complexity index is 559. The molecule has 0 spiro atoms. The van der Waals surface area contributed by atoms with Crippen LogP contribution in [-0.2, 0) is 0 Å². The van der Waals surface area contributed by atoms with E-state index in [0.29, 0.717) is 18.0 Å². The standard InChI is InChI=1S/C14H19N5O/c1-4-19-14(15)13(12(9-20)17-19)16-10-5-7-11(8-6-10)18(2)3/h5-8,15,20H,4,9H2,1-3H3. The Morgan fingerprint density at radius 2 is 1.95 bits per heavy atom. The van der Waals surface area contributed by atoms with E-state index in [2.05, 4.69) is 10.1 Å². The summed E-state index contributed by atoms with van der Waals surface area (Å²) in [5.74, 6) is 0.230. The maximum Gasteiger partial charge on any atom is 0.169 e. The van der Waals surface area contributed by atoms with Crippen LogP contribution in [0.4, 0.5) is 11.4 Å². The molecule has 1 aromatic rings. The fourth-order valence-corrected chi connectivity index (χ4v) is 1.91. The second kappa shape index (κ2) is 5.83. The molecule has 1 aliphatic heterocycles. The van der Waals surface area contributed by atoms with E-state index >= 15 is 0 Å². The van der Waals surface area contributed by atoms with Crippen LogP contribution in [0.15, 0.2) is 34.4 Å². The van der Waals surface area contributed by atoms with Crippen molar-refractivity contribution in [3.05, 3.63) is 24.3 Å². The third kappa shape index (κ3) is 2.70. The van der Waals surface area contributed by atoms with E-state index < -0.39 is 0 Å². The summed E-state index contributed by atoms with van der Waals surface area (Å²) in [5, 5.41) is 23.0. The molecule has 1 aliphatic rings. The molecule has 6 nitrogen and oxygen atoms in total. The van der Waals surface area contributed by atoms with Crippen LogP contribution in [-0.4, -0.2) is 54.6 Å². The minimum absolute atomic E-state index is 0.215. The fraction of sp³-hybridized carbons (Fsp3) is 0.357. The smallest absolute Gasteiger partial charge is 0.169 e. The number of amidine groups is 1. The molecule has 106 valence electrons. The number of nitrogens with one attached hydrogen (secondary N) is 1. The second-order valence-corrected chi connectivity index (χ2v) is 4.64. The number of aliphatic hydroxyl groups is 1. The maximum absolute atomic E-state index is 9.32. The van der Waals surface area contributed by atoms with E-state index in [-0.39, 0.29) is 12.4 Å². The second-order valence-electron chi connectivity index (χ2n) is 4.64. The van der Waals surface area contributed by atoms with Gasteiger partial charge in [-0.3, -0.25) is 5.41 Å². The van der Waals surface area contributed by atoms with Crippen molar-refractivity contribution in [1.82, 2.24) is 5.01 Å². The Balaban J connectivity index is 2.30. The summed E-state index contributed by atoms with van der Waals surface area (Å²) in [7, 11) is 3.95. The number of hydrogen-bond acceptors (Lipinski definition) is 5. The minimum atomic E-state index is -0.215. The number of anilines is 1. The molecule has 0 unspecified atom stereocenters. The van der Waals surface area contributed by atoms with Gasteiger partial charge in [-0.15, -0.1) is 0 Å². The Morgan fingerprint density at radius 3 is 2.45 bits per heavy atom. The topological polar surface area (TPSA) is 75.3 Å². The van der Waals surface area contributed by atoms with Crippen LogP contribution in [0, 0.1) is 5.41 Å². The number of rotatable bonds is 4. The molecule has 0 saturated heterocycles. The van der Waals surface area contributed by atoms with Crippen LogP contribution in [0.2, 0.25) is 0 Å². The van der Waals surface area contributed by atoms with E-state index in [1.165, 1.54) is 5.01 Å². The highest BCUT2D eigenvalue weighted by Crippen LogP contribution is 2.20. The van der Waals surface area contributed by atoms with Crippen LogP contribution in [0.3, 0.4) is 0 Å². The van der Waals surface area contributed by atoms with Crippen molar-refractivity contribution in [3.63, 3.8) is 0 Å². The van der Waals surface area contributed by atoms with E-state index in [0.717, 1.165) is 11.4 Å². The molecule has 0 bridgehead atoms. The normalized spacial score (nSPS) is 16.8. The molecule has 6 heteroatoms. The number of aliphatic imine (C=N–C) groups is 1. The number of nitrogens with zero attached hydrogens (tertiary/aromatic N) is 4. The van der Waals surface area contributed by atoms with Gasteiger partial charge in [0.25, 0.3) is 0 Å². The molecule has 0 radical (unpaired) electrons. The lowest BCUT2D eigenvalue weighted by molar-refractivity contribution is 0.356. The highest BCUT2D eigenvalue weighted by atomic mass is 16.3. The van der Waals surface area contributed by atoms with Crippen LogP contribution in [0.1, 0.15) is 6.92 Å². The molecular formula is C14H19N5O. The van der Waals surface area contributed by atoms with Gasteiger partial charge >= 0.3 is 0 Å². The zero-order valence-corrected chi connectivity index (χ0v) is 12.0. The first-order valence-electron chi connectivity index (χ1n) is 6.48. The van der Waals surface area contributed by atoms with Crippen LogP contribution in [0.25, 0.3) is 0 Å². The summed E-state index contributed by atoms with van der Waals surface area (Å²) in [6, 6.07) is 7.70. The minimum Gasteiger partial charge on any atom is -0.390 e. The van der Waals surface area contributed by atoms with Crippen molar-refractivity contribution in [2.75, 3.05) is 32.1 Å². The first-order chi connectivity index (χ1) is 9.56. The summed E-state index contributed by atoms with van der Waals surface area (Å²) in [6.07, 6.45) is 0. The average Bonchev–Trinajstić information content (AvgIpc) is 2.76. The summed E-state index contributed by atoms with van der Waals surface area (Å²) >= 11 is 0. The largest absolute Gasteiger partial charge is 0.390 e. The highest BCUT2D eigenvalue weighted by Gasteiger charge is 2.26. The van der Waals surface area contributed by atoms with E-state index in [4.69, 9.17) is 5.41 Å². The molecule has 0 aromatic heterocycles. The van der Waals surface area contributed by atoms with Gasteiger partial charge in [-0.25, -0.2) is 10.0 Å². The van der Waals surface area contributed by atoms with Crippen molar-refractivity contribution < 1.29 is 5.11 Å². The van der Waals surface area contributed by atoms with Gasteiger partial charge < -0.3 is 10.0 Å². The molecule has 2 rings (SSSR count). The molecule has 1 aromatic carbocycles. The summed E-state index contributed by atoms with van der Waals surface area (Å²) in [5.41, 5.74) is 2.71. The van der Waals surface area contributed by atoms with Gasteiger partial charge in [-0.1, -0.05) is 0 Å². The zero-order chi connectivity index (χ0) is 14.7. The first kappa shape index (κ1) is 14.2. The van der Waals surface area contributed by atoms with Crippen LogP contribution in [0.5, 0.6) is 0 Å². The zero-order valence-electron chi connectivity index (χ0n) is 12.0. The first-order valence-corrected chi connectivity index (χ1v) is 6.48. The quantitative estimate of drug-likeness (QED) is 0.872. The van der Waals surface area contributed by atoms with Gasteiger partial charge in [0.15, 0.2) is 5.84 Å². The van der Waals surface area contributed by atoms with E-state index in [1.54, 1.807) is 0 Å². The summed E-state index contributed by atoms with van der Waals surface area (Å²) in [4.78, 5) is 6.44. The van der Waals surface area contributed by atoms with Gasteiger partial charge in [0, 0.05) is 26.3 Å². The Kier molecular flexibility index (Phi) is 4.14. The Hall–Kier alpha value is -2.21. The molecule has 20 heavy (non-hydrogen) atoms. The molecule has 0 atom stereocenters. The number of aliphatic hydroxyl groups excluding tert-OH is 1. The number of hydrogen-bond donors (Lipinski definition) is 2. The molecule has 1 heterocycles. The predicted octanol–water partition coefficient (Wildman–Crippen LogP) is 1.49. The molecule has 0 saturated carbocycles. The molecule has 2 N–H and O–H groups in total. The van der Waals surface area contributed by atoms with E-state index in [1.807, 2.05) is 50.2 Å². The predicted molar refractivity (Wildman–Crippen MR) is 82.5 cm³/mol. The van der Waals surface area contributed by atoms with Crippen molar-refractivity contribution >= 4 is 28.6 Å². The van der Waals surface area contributed by atoms with Crippen molar-refractivity contribution in [3.8, 4) is 0 Å². The highest BCUT2D eigenvalue weighted by molar-refractivity contribution is 6.70. The molecular weight excluding hydrogens is 254 g/mol. The molecule has 0 aliphatic carbocycles. The third-order valence-electron chi connectivity index (χ3n) is 3.05. The van der Waals surface area contributed by atoms with Crippen LogP contribution >= 0.6 is 0 Å². The number of hydrazone groups is 1. The molecule has 0 fully saturated rings. The molecule has 0 amide bonds. The van der Waals surface area contributed by atoms with Gasteiger partial charge in [0.2, 0.25) is 0 Å². The lowest BCUT2D eigenvalue weighted by atomic mass is 10.2. The third-order valence-corrected chi connectivity index (χ3v) is 3.05. The maximum atomic E-state index is 9.32. The average molecular weight is 273 g/mol. The Morgan fingerprint density at radius 1 is 1.30 bits per heavy atom. The van der Waals surface area contributed by atoms with Gasteiger partial charge in [-0.05, 0) is 31.2 Å². The Labute approximate surface area is 118 Å².